The lowest BCUT2D eigenvalue weighted by molar-refractivity contribution is 0.0942. The Morgan fingerprint density at radius 2 is 1.89 bits per heavy atom. The summed E-state index contributed by atoms with van der Waals surface area (Å²) >= 11 is 6.16. The van der Waals surface area contributed by atoms with Crippen LogP contribution in [0.2, 0.25) is 5.15 Å². The zero-order valence-electron chi connectivity index (χ0n) is 15.5. The van der Waals surface area contributed by atoms with Crippen molar-refractivity contribution in [1.82, 2.24) is 15.2 Å². The Bertz CT molecular complexity index is 973. The SMILES string of the molecule is Cc1ccc(C(CNC(=O)c2cc3ccc(F)cc3nc2Cl)N(C)C)cc1. The molecule has 3 rings (SSSR count). The molecule has 1 unspecified atom stereocenters. The zero-order chi connectivity index (χ0) is 19.6. The van der Waals surface area contributed by atoms with Gasteiger partial charge in [-0.15, -0.1) is 0 Å². The first-order valence-corrected chi connectivity index (χ1v) is 9.00. The first-order valence-electron chi connectivity index (χ1n) is 8.62. The number of hydrogen-bond acceptors (Lipinski definition) is 3. The number of amides is 1. The van der Waals surface area contributed by atoms with E-state index in [4.69, 9.17) is 11.6 Å². The molecule has 0 fully saturated rings. The quantitative estimate of drug-likeness (QED) is 0.663. The van der Waals surface area contributed by atoms with Crippen LogP contribution in [0.15, 0.2) is 48.5 Å². The second-order valence-electron chi connectivity index (χ2n) is 6.76. The Balaban J connectivity index is 1.79. The topological polar surface area (TPSA) is 45.2 Å². The highest BCUT2D eigenvalue weighted by Gasteiger charge is 2.18. The Morgan fingerprint density at radius 3 is 2.56 bits per heavy atom. The first-order chi connectivity index (χ1) is 12.8. The maximum atomic E-state index is 13.3. The molecule has 0 aliphatic carbocycles. The number of rotatable bonds is 5. The average molecular weight is 386 g/mol. The van der Waals surface area contributed by atoms with Crippen LogP contribution in [0.4, 0.5) is 4.39 Å². The number of benzene rings is 2. The van der Waals surface area contributed by atoms with Gasteiger partial charge in [-0.1, -0.05) is 41.4 Å². The highest BCUT2D eigenvalue weighted by Crippen LogP contribution is 2.22. The number of halogens is 2. The van der Waals surface area contributed by atoms with Gasteiger partial charge in [0.1, 0.15) is 11.0 Å². The summed E-state index contributed by atoms with van der Waals surface area (Å²) in [6.07, 6.45) is 0. The van der Waals surface area contributed by atoms with Crippen molar-refractivity contribution < 1.29 is 9.18 Å². The van der Waals surface area contributed by atoms with Gasteiger partial charge in [0.25, 0.3) is 5.91 Å². The summed E-state index contributed by atoms with van der Waals surface area (Å²) in [6, 6.07) is 14.1. The van der Waals surface area contributed by atoms with Gasteiger partial charge in [0.05, 0.1) is 17.1 Å². The van der Waals surface area contributed by atoms with Crippen LogP contribution in [0.3, 0.4) is 0 Å². The number of fused-ring (bicyclic) bond motifs is 1. The van der Waals surface area contributed by atoms with Gasteiger partial charge in [0.15, 0.2) is 0 Å². The maximum Gasteiger partial charge on any atom is 0.254 e. The molecule has 0 radical (unpaired) electrons. The van der Waals surface area contributed by atoms with Crippen molar-refractivity contribution >= 4 is 28.4 Å². The number of aryl methyl sites for hydroxylation is 1. The number of likely N-dealkylation sites (N-methyl/N-ethyl adjacent to an activating group) is 1. The molecule has 0 aliphatic rings. The van der Waals surface area contributed by atoms with E-state index in [9.17, 15) is 9.18 Å². The molecule has 140 valence electrons. The van der Waals surface area contributed by atoms with Gasteiger partial charge >= 0.3 is 0 Å². The normalized spacial score (nSPS) is 12.4. The highest BCUT2D eigenvalue weighted by atomic mass is 35.5. The predicted octanol–water partition coefficient (Wildman–Crippen LogP) is 4.37. The number of hydrogen-bond donors (Lipinski definition) is 1. The van der Waals surface area contributed by atoms with Gasteiger partial charge in [0, 0.05) is 18.0 Å². The Morgan fingerprint density at radius 1 is 1.19 bits per heavy atom. The minimum atomic E-state index is -0.393. The fourth-order valence-corrected chi connectivity index (χ4v) is 3.18. The molecule has 1 aromatic heterocycles. The lowest BCUT2D eigenvalue weighted by atomic mass is 10.0. The Kier molecular flexibility index (Phi) is 5.73. The third-order valence-electron chi connectivity index (χ3n) is 4.52. The van der Waals surface area contributed by atoms with Crippen molar-refractivity contribution in [1.29, 1.82) is 0 Å². The van der Waals surface area contributed by atoms with Gasteiger partial charge < -0.3 is 10.2 Å². The van der Waals surface area contributed by atoms with E-state index in [1.165, 1.54) is 17.7 Å². The summed E-state index contributed by atoms with van der Waals surface area (Å²) < 4.78 is 13.3. The number of carbonyl (C=O) groups is 1. The monoisotopic (exact) mass is 385 g/mol. The van der Waals surface area contributed by atoms with Gasteiger partial charge in [-0.25, -0.2) is 9.37 Å². The van der Waals surface area contributed by atoms with Crippen LogP contribution in [0.25, 0.3) is 10.9 Å². The molecule has 27 heavy (non-hydrogen) atoms. The van der Waals surface area contributed by atoms with Crippen molar-refractivity contribution in [3.05, 3.63) is 76.2 Å². The van der Waals surface area contributed by atoms with Crippen molar-refractivity contribution in [3.8, 4) is 0 Å². The molecule has 1 amide bonds. The van der Waals surface area contributed by atoms with E-state index in [0.717, 1.165) is 5.56 Å². The van der Waals surface area contributed by atoms with Crippen LogP contribution in [-0.2, 0) is 0 Å². The minimum absolute atomic E-state index is 0.0239. The fraction of sp³-hybridized carbons (Fsp3) is 0.238. The number of pyridine rings is 1. The second-order valence-corrected chi connectivity index (χ2v) is 7.12. The summed E-state index contributed by atoms with van der Waals surface area (Å²) in [6.45, 7) is 2.46. The molecule has 2 aromatic carbocycles. The van der Waals surface area contributed by atoms with Crippen LogP contribution < -0.4 is 5.32 Å². The van der Waals surface area contributed by atoms with Gasteiger partial charge in [-0.05, 0) is 44.8 Å². The van der Waals surface area contributed by atoms with E-state index in [2.05, 4.69) is 34.6 Å². The molecule has 1 atom stereocenters. The lowest BCUT2D eigenvalue weighted by Gasteiger charge is -2.25. The molecule has 0 bridgehead atoms. The van der Waals surface area contributed by atoms with Crippen LogP contribution in [-0.4, -0.2) is 36.4 Å². The van der Waals surface area contributed by atoms with E-state index in [0.29, 0.717) is 17.4 Å². The highest BCUT2D eigenvalue weighted by molar-refractivity contribution is 6.33. The largest absolute Gasteiger partial charge is 0.350 e. The predicted molar refractivity (Wildman–Crippen MR) is 107 cm³/mol. The standard InChI is InChI=1S/C21H21ClFN3O/c1-13-4-6-14(7-5-13)19(26(2)3)12-24-21(27)17-10-15-8-9-16(23)11-18(15)25-20(17)22/h4-11,19H,12H2,1-3H3,(H,24,27). The molecule has 0 spiro atoms. The molecule has 3 aromatic rings. The molecule has 0 saturated carbocycles. The van der Waals surface area contributed by atoms with Crippen LogP contribution in [0, 0.1) is 12.7 Å². The fourth-order valence-electron chi connectivity index (χ4n) is 2.95. The first kappa shape index (κ1) is 19.3. The third-order valence-corrected chi connectivity index (χ3v) is 4.81. The van der Waals surface area contributed by atoms with E-state index >= 15 is 0 Å². The van der Waals surface area contributed by atoms with E-state index < -0.39 is 5.82 Å². The number of carbonyl (C=O) groups excluding carboxylic acids is 1. The van der Waals surface area contributed by atoms with E-state index in [-0.39, 0.29) is 22.7 Å². The summed E-state index contributed by atoms with van der Waals surface area (Å²) in [7, 11) is 3.94. The zero-order valence-corrected chi connectivity index (χ0v) is 16.2. The third kappa shape index (κ3) is 4.43. The van der Waals surface area contributed by atoms with Gasteiger partial charge in [-0.3, -0.25) is 4.79 Å². The van der Waals surface area contributed by atoms with E-state index in [1.807, 2.05) is 25.9 Å². The lowest BCUT2D eigenvalue weighted by Crippen LogP contribution is -2.34. The van der Waals surface area contributed by atoms with Crippen molar-refractivity contribution in [2.75, 3.05) is 20.6 Å². The molecule has 1 heterocycles. The van der Waals surface area contributed by atoms with Crippen molar-refractivity contribution in [2.45, 2.75) is 13.0 Å². The molecule has 6 heteroatoms. The smallest absolute Gasteiger partial charge is 0.254 e. The number of nitrogens with zero attached hydrogens (tertiary/aromatic N) is 2. The molecule has 0 saturated heterocycles. The average Bonchev–Trinajstić information content (AvgIpc) is 2.62. The molecular formula is C21H21ClFN3O. The molecular weight excluding hydrogens is 365 g/mol. The Hall–Kier alpha value is -2.50. The number of aromatic nitrogens is 1. The van der Waals surface area contributed by atoms with Crippen LogP contribution >= 0.6 is 11.6 Å². The van der Waals surface area contributed by atoms with Gasteiger partial charge in [0.2, 0.25) is 0 Å². The summed E-state index contributed by atoms with van der Waals surface area (Å²) in [4.78, 5) is 18.9. The van der Waals surface area contributed by atoms with E-state index in [1.54, 1.807) is 12.1 Å². The van der Waals surface area contributed by atoms with Crippen LogP contribution in [0.1, 0.15) is 27.5 Å². The minimum Gasteiger partial charge on any atom is -0.350 e. The van der Waals surface area contributed by atoms with Crippen molar-refractivity contribution in [2.24, 2.45) is 0 Å². The molecule has 1 N–H and O–H groups in total. The van der Waals surface area contributed by atoms with Gasteiger partial charge in [-0.2, -0.15) is 0 Å². The molecule has 4 nitrogen and oxygen atoms in total. The summed E-state index contributed by atoms with van der Waals surface area (Å²) in [5, 5.41) is 3.65. The van der Waals surface area contributed by atoms with Crippen LogP contribution in [0.5, 0.6) is 0 Å². The Labute approximate surface area is 163 Å². The summed E-state index contributed by atoms with van der Waals surface area (Å²) in [5.41, 5.74) is 2.99. The summed E-state index contributed by atoms with van der Waals surface area (Å²) in [5.74, 6) is -0.701. The maximum absolute atomic E-state index is 13.3. The van der Waals surface area contributed by atoms with Crippen molar-refractivity contribution in [3.63, 3.8) is 0 Å². The molecule has 0 aliphatic heterocycles. The number of nitrogens with one attached hydrogen (secondary N) is 1. The second kappa shape index (κ2) is 8.03.